The summed E-state index contributed by atoms with van der Waals surface area (Å²) in [5.41, 5.74) is 2.47. The molecule has 5 heteroatoms. The third-order valence-electron chi connectivity index (χ3n) is 4.61. The van der Waals surface area contributed by atoms with Gasteiger partial charge < -0.3 is 14.4 Å². The number of piperidine rings is 1. The van der Waals surface area contributed by atoms with Crippen LogP contribution in [-0.2, 0) is 14.3 Å². The number of carbonyl (C=O) groups excluding carboxylic acids is 2. The fourth-order valence-electron chi connectivity index (χ4n) is 3.15. The summed E-state index contributed by atoms with van der Waals surface area (Å²) < 4.78 is 10.4. The fourth-order valence-corrected chi connectivity index (χ4v) is 3.15. The predicted octanol–water partition coefficient (Wildman–Crippen LogP) is 2.91. The van der Waals surface area contributed by atoms with Crippen LogP contribution in [0.4, 0.5) is 0 Å². The zero-order valence-corrected chi connectivity index (χ0v) is 15.0. The first-order valence-electron chi connectivity index (χ1n) is 8.51. The number of rotatable bonds is 5. The van der Waals surface area contributed by atoms with Crippen molar-refractivity contribution >= 4 is 11.9 Å². The van der Waals surface area contributed by atoms with Crippen LogP contribution in [0, 0.1) is 12.8 Å². The molecule has 1 aliphatic rings. The first-order chi connectivity index (χ1) is 11.4. The van der Waals surface area contributed by atoms with E-state index in [2.05, 4.69) is 26.8 Å². The summed E-state index contributed by atoms with van der Waals surface area (Å²) in [7, 11) is 1.40. The molecule has 0 saturated carbocycles. The van der Waals surface area contributed by atoms with Crippen molar-refractivity contribution in [1.29, 1.82) is 0 Å². The van der Waals surface area contributed by atoms with Gasteiger partial charge in [0.2, 0.25) is 0 Å². The molecule has 0 bridgehead atoms. The van der Waals surface area contributed by atoms with E-state index in [-0.39, 0.29) is 24.4 Å². The van der Waals surface area contributed by atoms with Crippen LogP contribution in [0.1, 0.15) is 43.7 Å². The van der Waals surface area contributed by atoms with E-state index < -0.39 is 0 Å². The number of methoxy groups -OCH3 is 1. The Bertz CT molecular complexity index is 589. The van der Waals surface area contributed by atoms with E-state index in [4.69, 9.17) is 9.47 Å². The van der Waals surface area contributed by atoms with Crippen molar-refractivity contribution in [2.24, 2.45) is 5.92 Å². The Morgan fingerprint density at radius 1 is 1.25 bits per heavy atom. The summed E-state index contributed by atoms with van der Waals surface area (Å²) in [5, 5.41) is 0. The van der Waals surface area contributed by atoms with Crippen LogP contribution in [0.25, 0.3) is 0 Å². The Kier molecular flexibility index (Phi) is 6.23. The predicted molar refractivity (Wildman–Crippen MR) is 92.1 cm³/mol. The molecule has 5 nitrogen and oxygen atoms in total. The largest absolute Gasteiger partial charge is 0.484 e. The average molecular weight is 333 g/mol. The Balaban J connectivity index is 1.84. The van der Waals surface area contributed by atoms with Gasteiger partial charge in [0.1, 0.15) is 5.75 Å². The SMILES string of the molecule is COC(=O)C1CCN(C(=O)COc2ccc(C(C)C)c(C)c2)CC1. The number of ether oxygens (including phenoxy) is 2. The molecule has 2 rings (SSSR count). The van der Waals surface area contributed by atoms with Crippen molar-refractivity contribution < 1.29 is 19.1 Å². The third kappa shape index (κ3) is 4.49. The van der Waals surface area contributed by atoms with E-state index in [0.717, 1.165) is 5.75 Å². The number of benzene rings is 1. The van der Waals surface area contributed by atoms with Gasteiger partial charge in [0.15, 0.2) is 6.61 Å². The lowest BCUT2D eigenvalue weighted by molar-refractivity contribution is -0.149. The number of hydrogen-bond acceptors (Lipinski definition) is 4. The van der Waals surface area contributed by atoms with Gasteiger partial charge in [0, 0.05) is 13.1 Å². The summed E-state index contributed by atoms with van der Waals surface area (Å²) >= 11 is 0. The maximum Gasteiger partial charge on any atom is 0.308 e. The highest BCUT2D eigenvalue weighted by molar-refractivity contribution is 5.78. The minimum Gasteiger partial charge on any atom is -0.484 e. The van der Waals surface area contributed by atoms with Crippen LogP contribution in [-0.4, -0.2) is 43.6 Å². The van der Waals surface area contributed by atoms with Crippen molar-refractivity contribution in [3.8, 4) is 5.75 Å². The molecule has 1 aliphatic heterocycles. The normalized spacial score (nSPS) is 15.5. The first-order valence-corrected chi connectivity index (χ1v) is 8.51. The van der Waals surface area contributed by atoms with Crippen LogP contribution in [0.3, 0.4) is 0 Å². The van der Waals surface area contributed by atoms with Crippen LogP contribution < -0.4 is 4.74 Å². The minimum atomic E-state index is -0.181. The zero-order valence-electron chi connectivity index (χ0n) is 15.0. The molecule has 132 valence electrons. The Morgan fingerprint density at radius 2 is 1.92 bits per heavy atom. The van der Waals surface area contributed by atoms with Gasteiger partial charge in [0.05, 0.1) is 13.0 Å². The number of esters is 1. The van der Waals surface area contributed by atoms with Crippen LogP contribution in [0.5, 0.6) is 5.75 Å². The number of likely N-dealkylation sites (tertiary alicyclic amines) is 1. The molecule has 1 fully saturated rings. The number of aryl methyl sites for hydroxylation is 1. The van der Waals surface area contributed by atoms with Gasteiger partial charge in [-0.25, -0.2) is 0 Å². The minimum absolute atomic E-state index is 0.0311. The van der Waals surface area contributed by atoms with E-state index >= 15 is 0 Å². The number of nitrogens with zero attached hydrogens (tertiary/aromatic N) is 1. The highest BCUT2D eigenvalue weighted by Crippen LogP contribution is 2.24. The first kappa shape index (κ1) is 18.3. The summed E-state index contributed by atoms with van der Waals surface area (Å²) in [5.74, 6) is 0.876. The zero-order chi connectivity index (χ0) is 17.7. The molecule has 1 aromatic rings. The Labute approximate surface area is 143 Å². The van der Waals surface area contributed by atoms with Crippen molar-refractivity contribution in [2.45, 2.75) is 39.5 Å². The van der Waals surface area contributed by atoms with Gasteiger partial charge in [-0.1, -0.05) is 19.9 Å². The highest BCUT2D eigenvalue weighted by atomic mass is 16.5. The second kappa shape index (κ2) is 8.18. The summed E-state index contributed by atoms with van der Waals surface area (Å²) in [4.78, 5) is 25.5. The van der Waals surface area contributed by atoms with E-state index in [1.54, 1.807) is 4.90 Å². The lowest BCUT2D eigenvalue weighted by Crippen LogP contribution is -2.42. The quantitative estimate of drug-likeness (QED) is 0.778. The van der Waals surface area contributed by atoms with Gasteiger partial charge in [-0.3, -0.25) is 9.59 Å². The van der Waals surface area contributed by atoms with Crippen LogP contribution in [0.15, 0.2) is 18.2 Å². The molecule has 1 aromatic carbocycles. The molecule has 0 aliphatic carbocycles. The molecule has 0 atom stereocenters. The molecule has 1 heterocycles. The molecule has 0 aromatic heterocycles. The summed E-state index contributed by atoms with van der Waals surface area (Å²) in [6, 6.07) is 5.95. The van der Waals surface area contributed by atoms with Gasteiger partial charge >= 0.3 is 5.97 Å². The average Bonchev–Trinajstić information content (AvgIpc) is 2.58. The van der Waals surface area contributed by atoms with E-state index in [0.29, 0.717) is 31.8 Å². The lowest BCUT2D eigenvalue weighted by Gasteiger charge is -2.30. The number of amides is 1. The van der Waals surface area contributed by atoms with E-state index in [1.165, 1.54) is 18.2 Å². The van der Waals surface area contributed by atoms with E-state index in [9.17, 15) is 9.59 Å². The molecule has 0 N–H and O–H groups in total. The number of hydrogen-bond donors (Lipinski definition) is 0. The smallest absolute Gasteiger partial charge is 0.308 e. The molecule has 0 unspecified atom stereocenters. The van der Waals surface area contributed by atoms with Crippen LogP contribution >= 0.6 is 0 Å². The Morgan fingerprint density at radius 3 is 2.46 bits per heavy atom. The molecule has 0 spiro atoms. The molecular formula is C19H27NO4. The van der Waals surface area contributed by atoms with Gasteiger partial charge in [-0.05, 0) is 48.9 Å². The molecule has 0 radical (unpaired) electrons. The van der Waals surface area contributed by atoms with Crippen LogP contribution in [0.2, 0.25) is 0 Å². The Hall–Kier alpha value is -2.04. The second-order valence-corrected chi connectivity index (χ2v) is 6.64. The lowest BCUT2D eigenvalue weighted by atomic mass is 9.97. The maximum atomic E-state index is 12.3. The third-order valence-corrected chi connectivity index (χ3v) is 4.61. The molecular weight excluding hydrogens is 306 g/mol. The van der Waals surface area contributed by atoms with Crippen molar-refractivity contribution in [2.75, 3.05) is 26.8 Å². The van der Waals surface area contributed by atoms with Crippen molar-refractivity contribution in [1.82, 2.24) is 4.90 Å². The molecule has 24 heavy (non-hydrogen) atoms. The highest BCUT2D eigenvalue weighted by Gasteiger charge is 2.27. The molecule has 1 saturated heterocycles. The van der Waals surface area contributed by atoms with E-state index in [1.807, 2.05) is 12.1 Å². The summed E-state index contributed by atoms with van der Waals surface area (Å²) in [6.07, 6.45) is 1.31. The van der Waals surface area contributed by atoms with Gasteiger partial charge in [-0.15, -0.1) is 0 Å². The molecule has 1 amide bonds. The number of carbonyl (C=O) groups is 2. The second-order valence-electron chi connectivity index (χ2n) is 6.64. The van der Waals surface area contributed by atoms with Crippen molar-refractivity contribution in [3.63, 3.8) is 0 Å². The standard InChI is InChI=1S/C19H27NO4/c1-13(2)17-6-5-16(11-14(17)3)24-12-18(21)20-9-7-15(8-10-20)19(22)23-4/h5-6,11,13,15H,7-10,12H2,1-4H3. The maximum absolute atomic E-state index is 12.3. The van der Waals surface area contributed by atoms with Crippen molar-refractivity contribution in [3.05, 3.63) is 29.3 Å². The van der Waals surface area contributed by atoms with Gasteiger partial charge in [-0.2, -0.15) is 0 Å². The fraction of sp³-hybridized carbons (Fsp3) is 0.579. The van der Waals surface area contributed by atoms with Gasteiger partial charge in [0.25, 0.3) is 5.91 Å². The monoisotopic (exact) mass is 333 g/mol. The topological polar surface area (TPSA) is 55.8 Å². The summed E-state index contributed by atoms with van der Waals surface area (Å²) in [6.45, 7) is 7.56.